The number of fused-ring (bicyclic) bond motifs is 2. The molecule has 0 saturated carbocycles. The standard InChI is InChI=1S/C14H25NO2/c1-10-8-11-6-7-14(5,9-10)15(11)12(16)17-13(2,3)4/h10-11H,6-9H2,1-5H3/t10-,11-,14+/m1/s1. The van der Waals surface area contributed by atoms with E-state index in [1.54, 1.807) is 0 Å². The first-order valence-corrected chi connectivity index (χ1v) is 6.74. The minimum absolute atomic E-state index is 0.0324. The Bertz CT molecular complexity index is 321. The summed E-state index contributed by atoms with van der Waals surface area (Å²) in [5, 5.41) is 0. The monoisotopic (exact) mass is 239 g/mol. The van der Waals surface area contributed by atoms with E-state index in [0.29, 0.717) is 6.04 Å². The highest BCUT2D eigenvalue weighted by Gasteiger charge is 2.51. The molecule has 3 heteroatoms. The number of amides is 1. The maximum Gasteiger partial charge on any atom is 0.410 e. The van der Waals surface area contributed by atoms with Crippen molar-refractivity contribution in [3.63, 3.8) is 0 Å². The van der Waals surface area contributed by atoms with Gasteiger partial charge in [0, 0.05) is 11.6 Å². The first-order chi connectivity index (χ1) is 7.71. The number of ether oxygens (including phenoxy) is 1. The van der Waals surface area contributed by atoms with Crippen LogP contribution < -0.4 is 0 Å². The molecule has 0 aliphatic carbocycles. The molecule has 2 saturated heterocycles. The Morgan fingerprint density at radius 3 is 2.59 bits per heavy atom. The Hall–Kier alpha value is -0.730. The van der Waals surface area contributed by atoms with Crippen molar-refractivity contribution >= 4 is 6.09 Å². The number of hydrogen-bond donors (Lipinski definition) is 0. The molecule has 2 aliphatic heterocycles. The maximum atomic E-state index is 12.3. The molecule has 2 aliphatic rings. The molecule has 2 bridgehead atoms. The van der Waals surface area contributed by atoms with E-state index >= 15 is 0 Å². The molecule has 0 unspecified atom stereocenters. The Labute approximate surface area is 105 Å². The van der Waals surface area contributed by atoms with Crippen LogP contribution in [0.2, 0.25) is 0 Å². The number of piperidine rings is 1. The highest BCUT2D eigenvalue weighted by Crippen LogP contribution is 2.46. The molecule has 2 fully saturated rings. The summed E-state index contributed by atoms with van der Waals surface area (Å²) in [4.78, 5) is 14.3. The molecule has 2 heterocycles. The molecule has 98 valence electrons. The van der Waals surface area contributed by atoms with E-state index in [4.69, 9.17) is 4.74 Å². The van der Waals surface area contributed by atoms with Gasteiger partial charge in [0.05, 0.1) is 0 Å². The zero-order valence-electron chi connectivity index (χ0n) is 11.7. The summed E-state index contributed by atoms with van der Waals surface area (Å²) >= 11 is 0. The van der Waals surface area contributed by atoms with Gasteiger partial charge >= 0.3 is 6.09 Å². The summed E-state index contributed by atoms with van der Waals surface area (Å²) in [6.07, 6.45) is 4.40. The lowest BCUT2D eigenvalue weighted by atomic mass is 9.84. The van der Waals surface area contributed by atoms with Crippen molar-refractivity contribution in [1.82, 2.24) is 4.90 Å². The van der Waals surface area contributed by atoms with Crippen molar-refractivity contribution < 1.29 is 9.53 Å². The summed E-state index contributed by atoms with van der Waals surface area (Å²) in [6, 6.07) is 0.401. The van der Waals surface area contributed by atoms with Crippen LogP contribution >= 0.6 is 0 Å². The quantitative estimate of drug-likeness (QED) is 0.646. The van der Waals surface area contributed by atoms with Crippen molar-refractivity contribution in [3.05, 3.63) is 0 Å². The molecule has 3 nitrogen and oxygen atoms in total. The van der Waals surface area contributed by atoms with Crippen LogP contribution in [0.25, 0.3) is 0 Å². The highest BCUT2D eigenvalue weighted by molar-refractivity contribution is 5.70. The minimum Gasteiger partial charge on any atom is -0.444 e. The molecule has 1 amide bonds. The van der Waals surface area contributed by atoms with Gasteiger partial charge < -0.3 is 4.74 Å². The summed E-state index contributed by atoms with van der Waals surface area (Å²) < 4.78 is 5.55. The number of nitrogens with zero attached hydrogens (tertiary/aromatic N) is 1. The van der Waals surface area contributed by atoms with Gasteiger partial charge in [0.25, 0.3) is 0 Å². The number of carbonyl (C=O) groups is 1. The van der Waals surface area contributed by atoms with Crippen LogP contribution in [0.5, 0.6) is 0 Å². The molecule has 0 radical (unpaired) electrons. The van der Waals surface area contributed by atoms with Gasteiger partial charge in [0.1, 0.15) is 5.60 Å². The number of rotatable bonds is 0. The van der Waals surface area contributed by atoms with Crippen LogP contribution in [0.3, 0.4) is 0 Å². The topological polar surface area (TPSA) is 29.5 Å². The summed E-state index contributed by atoms with van der Waals surface area (Å²) in [6.45, 7) is 10.3. The fourth-order valence-electron chi connectivity index (χ4n) is 3.57. The SMILES string of the molecule is C[C@@H]1C[C@H]2CC[C@@](C)(C1)N2C(=O)OC(C)(C)C. The summed E-state index contributed by atoms with van der Waals surface area (Å²) in [5.41, 5.74) is -0.361. The van der Waals surface area contributed by atoms with E-state index in [1.807, 2.05) is 25.7 Å². The van der Waals surface area contributed by atoms with Gasteiger partial charge in [-0.25, -0.2) is 4.79 Å². The average molecular weight is 239 g/mol. The van der Waals surface area contributed by atoms with Crippen molar-refractivity contribution in [2.45, 2.75) is 77.5 Å². The third-order valence-corrected chi connectivity index (χ3v) is 4.02. The first kappa shape index (κ1) is 12.7. The largest absolute Gasteiger partial charge is 0.444 e. The fraction of sp³-hybridized carbons (Fsp3) is 0.929. The van der Waals surface area contributed by atoms with Crippen LogP contribution in [-0.4, -0.2) is 28.2 Å². The molecule has 0 aromatic rings. The molecule has 17 heavy (non-hydrogen) atoms. The van der Waals surface area contributed by atoms with Gasteiger partial charge in [0.15, 0.2) is 0 Å². The van der Waals surface area contributed by atoms with Gasteiger partial charge in [0.2, 0.25) is 0 Å². The van der Waals surface area contributed by atoms with E-state index < -0.39 is 5.60 Å². The molecule has 0 N–H and O–H groups in total. The smallest absolute Gasteiger partial charge is 0.410 e. The Kier molecular flexibility index (Phi) is 2.91. The highest BCUT2D eigenvalue weighted by atomic mass is 16.6. The van der Waals surface area contributed by atoms with Crippen LogP contribution in [0.15, 0.2) is 0 Å². The second-order valence-corrected chi connectivity index (χ2v) is 7.08. The molecule has 0 spiro atoms. The van der Waals surface area contributed by atoms with E-state index in [0.717, 1.165) is 31.6 Å². The minimum atomic E-state index is -0.393. The van der Waals surface area contributed by atoms with Gasteiger partial charge in [-0.3, -0.25) is 4.90 Å². The third kappa shape index (κ3) is 2.43. The van der Waals surface area contributed by atoms with Crippen LogP contribution in [0.4, 0.5) is 4.79 Å². The van der Waals surface area contributed by atoms with Gasteiger partial charge in [-0.15, -0.1) is 0 Å². The summed E-state index contributed by atoms with van der Waals surface area (Å²) in [7, 11) is 0. The van der Waals surface area contributed by atoms with E-state index in [2.05, 4.69) is 13.8 Å². The fourth-order valence-corrected chi connectivity index (χ4v) is 3.57. The predicted molar refractivity (Wildman–Crippen MR) is 67.9 cm³/mol. The second-order valence-electron chi connectivity index (χ2n) is 7.08. The Morgan fingerprint density at radius 2 is 2.06 bits per heavy atom. The van der Waals surface area contributed by atoms with Gasteiger partial charge in [-0.1, -0.05) is 6.92 Å². The van der Waals surface area contributed by atoms with Crippen LogP contribution in [-0.2, 0) is 4.74 Å². The molecule has 0 aromatic heterocycles. The Morgan fingerprint density at radius 1 is 1.41 bits per heavy atom. The average Bonchev–Trinajstić information content (AvgIpc) is 2.31. The first-order valence-electron chi connectivity index (χ1n) is 6.74. The molecule has 3 atom stereocenters. The van der Waals surface area contributed by atoms with Crippen molar-refractivity contribution in [1.29, 1.82) is 0 Å². The number of hydrogen-bond acceptors (Lipinski definition) is 2. The van der Waals surface area contributed by atoms with Crippen molar-refractivity contribution in [2.24, 2.45) is 5.92 Å². The van der Waals surface area contributed by atoms with E-state index in [-0.39, 0.29) is 11.6 Å². The predicted octanol–water partition coefficient (Wildman–Crippen LogP) is 3.57. The van der Waals surface area contributed by atoms with E-state index in [1.165, 1.54) is 0 Å². The third-order valence-electron chi connectivity index (χ3n) is 4.02. The lowest BCUT2D eigenvalue weighted by molar-refractivity contribution is -0.0175. The molecule has 0 aromatic carbocycles. The normalized spacial score (nSPS) is 37.1. The molecular formula is C14H25NO2. The van der Waals surface area contributed by atoms with Crippen LogP contribution in [0.1, 0.15) is 60.3 Å². The second kappa shape index (κ2) is 3.89. The number of carbonyl (C=O) groups excluding carboxylic acids is 1. The Balaban J connectivity index is 2.14. The van der Waals surface area contributed by atoms with Crippen LogP contribution in [0, 0.1) is 5.92 Å². The summed E-state index contributed by atoms with van der Waals surface area (Å²) in [5.74, 6) is 0.728. The van der Waals surface area contributed by atoms with Crippen molar-refractivity contribution in [2.75, 3.05) is 0 Å². The lowest BCUT2D eigenvalue weighted by Gasteiger charge is -2.45. The molecule has 2 rings (SSSR count). The zero-order valence-corrected chi connectivity index (χ0v) is 11.7. The van der Waals surface area contributed by atoms with Gasteiger partial charge in [-0.2, -0.15) is 0 Å². The lowest BCUT2D eigenvalue weighted by Crippen LogP contribution is -2.54. The molecular weight excluding hydrogens is 214 g/mol. The van der Waals surface area contributed by atoms with Crippen molar-refractivity contribution in [3.8, 4) is 0 Å². The zero-order chi connectivity index (χ0) is 12.8. The maximum absolute atomic E-state index is 12.3. The van der Waals surface area contributed by atoms with Gasteiger partial charge in [-0.05, 0) is 59.3 Å². The van der Waals surface area contributed by atoms with E-state index in [9.17, 15) is 4.79 Å².